The lowest BCUT2D eigenvalue weighted by Crippen LogP contribution is -2.39. The summed E-state index contributed by atoms with van der Waals surface area (Å²) in [5, 5.41) is 37.9. The number of fused-ring (bicyclic) bond motifs is 1. The van der Waals surface area contributed by atoms with Crippen LogP contribution in [0, 0.1) is 17.2 Å². The molecular weight excluding hydrogens is 332 g/mol. The highest BCUT2D eigenvalue weighted by molar-refractivity contribution is 5.52. The zero-order valence-electron chi connectivity index (χ0n) is 11.0. The maximum Gasteiger partial charge on any atom is 0.416 e. The molecule has 1 aromatic rings. The van der Waals surface area contributed by atoms with Crippen LogP contribution in [-0.4, -0.2) is 27.6 Å². The van der Waals surface area contributed by atoms with E-state index < -0.39 is 58.8 Å². The summed E-state index contributed by atoms with van der Waals surface area (Å²) < 4.78 is 76.1. The summed E-state index contributed by atoms with van der Waals surface area (Å²) in [6, 6.07) is 2.10. The SMILES string of the molecule is N#Cc1cc(C(F)(F)F)cc2c1C(O)C(C(O)C(F)(F)F)C2O. The van der Waals surface area contributed by atoms with Gasteiger partial charge in [-0.15, -0.1) is 0 Å². The second-order valence-electron chi connectivity index (χ2n) is 5.09. The van der Waals surface area contributed by atoms with Crippen molar-refractivity contribution in [1.29, 1.82) is 5.26 Å². The van der Waals surface area contributed by atoms with E-state index in [9.17, 15) is 41.7 Å². The van der Waals surface area contributed by atoms with Crippen molar-refractivity contribution in [1.82, 2.24) is 0 Å². The normalized spacial score (nSPS) is 25.8. The average Bonchev–Trinajstić information content (AvgIpc) is 2.67. The molecule has 1 aliphatic rings. The summed E-state index contributed by atoms with van der Waals surface area (Å²) in [7, 11) is 0. The minimum atomic E-state index is -5.20. The third-order valence-corrected chi connectivity index (χ3v) is 3.70. The van der Waals surface area contributed by atoms with E-state index in [1.165, 1.54) is 6.07 Å². The number of rotatable bonds is 1. The number of hydrogen-bond donors (Lipinski definition) is 3. The van der Waals surface area contributed by atoms with Crippen LogP contribution in [0.5, 0.6) is 0 Å². The van der Waals surface area contributed by atoms with Crippen LogP contribution in [0.25, 0.3) is 0 Å². The molecule has 0 radical (unpaired) electrons. The van der Waals surface area contributed by atoms with Crippen LogP contribution < -0.4 is 0 Å². The summed E-state index contributed by atoms with van der Waals surface area (Å²) in [6.07, 6.45) is -17.6. The minimum absolute atomic E-state index is 0.368. The summed E-state index contributed by atoms with van der Waals surface area (Å²) in [6.45, 7) is 0. The van der Waals surface area contributed by atoms with E-state index in [4.69, 9.17) is 5.26 Å². The lowest BCUT2D eigenvalue weighted by atomic mass is 9.93. The number of aliphatic hydroxyl groups excluding tert-OH is 3. The first kappa shape index (κ1) is 17.5. The molecule has 10 heteroatoms. The summed E-state index contributed by atoms with van der Waals surface area (Å²) in [4.78, 5) is 0. The Hall–Kier alpha value is -1.83. The Morgan fingerprint density at radius 1 is 1.04 bits per heavy atom. The molecule has 2 rings (SSSR count). The van der Waals surface area contributed by atoms with Crippen molar-refractivity contribution >= 4 is 0 Å². The average molecular weight is 341 g/mol. The van der Waals surface area contributed by atoms with E-state index in [-0.39, 0.29) is 0 Å². The predicted molar refractivity (Wildman–Crippen MR) is 61.6 cm³/mol. The van der Waals surface area contributed by atoms with Crippen molar-refractivity contribution in [3.8, 4) is 6.07 Å². The maximum atomic E-state index is 12.8. The molecule has 0 saturated carbocycles. The Morgan fingerprint density at radius 2 is 1.61 bits per heavy atom. The molecule has 0 amide bonds. The molecule has 126 valence electrons. The van der Waals surface area contributed by atoms with Gasteiger partial charge in [0.15, 0.2) is 6.10 Å². The second kappa shape index (κ2) is 5.36. The van der Waals surface area contributed by atoms with E-state index in [0.717, 1.165) is 0 Å². The summed E-state index contributed by atoms with van der Waals surface area (Å²) in [5.74, 6) is -2.22. The van der Waals surface area contributed by atoms with Crippen LogP contribution in [0.1, 0.15) is 34.5 Å². The number of benzene rings is 1. The lowest BCUT2D eigenvalue weighted by Gasteiger charge is -2.26. The van der Waals surface area contributed by atoms with Crippen molar-refractivity contribution < 1.29 is 41.7 Å². The van der Waals surface area contributed by atoms with Crippen molar-refractivity contribution in [2.45, 2.75) is 30.7 Å². The molecule has 1 aliphatic carbocycles. The van der Waals surface area contributed by atoms with Crippen LogP contribution in [0.4, 0.5) is 26.3 Å². The fourth-order valence-corrected chi connectivity index (χ4v) is 2.64. The highest BCUT2D eigenvalue weighted by Crippen LogP contribution is 2.50. The first-order valence-electron chi connectivity index (χ1n) is 6.15. The first-order chi connectivity index (χ1) is 10.4. The first-order valence-corrected chi connectivity index (χ1v) is 6.15. The van der Waals surface area contributed by atoms with Crippen LogP contribution in [0.15, 0.2) is 12.1 Å². The van der Waals surface area contributed by atoms with Crippen molar-refractivity contribution in [2.75, 3.05) is 0 Å². The van der Waals surface area contributed by atoms with Gasteiger partial charge in [-0.2, -0.15) is 31.6 Å². The van der Waals surface area contributed by atoms with Gasteiger partial charge in [0.1, 0.15) is 0 Å². The molecule has 0 heterocycles. The molecule has 0 aromatic heterocycles. The van der Waals surface area contributed by atoms with Crippen LogP contribution in [-0.2, 0) is 6.18 Å². The molecule has 0 fully saturated rings. The van der Waals surface area contributed by atoms with E-state index in [1.54, 1.807) is 0 Å². The highest BCUT2D eigenvalue weighted by Gasteiger charge is 2.54. The lowest BCUT2D eigenvalue weighted by molar-refractivity contribution is -0.238. The van der Waals surface area contributed by atoms with Gasteiger partial charge in [-0.3, -0.25) is 0 Å². The molecule has 4 atom stereocenters. The molecule has 3 N–H and O–H groups in total. The molecule has 4 nitrogen and oxygen atoms in total. The highest BCUT2D eigenvalue weighted by atomic mass is 19.4. The Balaban J connectivity index is 2.60. The van der Waals surface area contributed by atoms with Gasteiger partial charge < -0.3 is 15.3 Å². The van der Waals surface area contributed by atoms with E-state index in [0.29, 0.717) is 12.1 Å². The van der Waals surface area contributed by atoms with E-state index in [2.05, 4.69) is 0 Å². The van der Waals surface area contributed by atoms with Crippen LogP contribution in [0.3, 0.4) is 0 Å². The Bertz CT molecular complexity index is 663. The fraction of sp³-hybridized carbons (Fsp3) is 0.462. The molecule has 0 aliphatic heterocycles. The van der Waals surface area contributed by atoms with Gasteiger partial charge in [0, 0.05) is 5.56 Å². The molecular formula is C13H9F6NO3. The topological polar surface area (TPSA) is 84.5 Å². The van der Waals surface area contributed by atoms with Gasteiger partial charge in [-0.25, -0.2) is 0 Å². The van der Waals surface area contributed by atoms with Gasteiger partial charge in [0.25, 0.3) is 0 Å². The minimum Gasteiger partial charge on any atom is -0.388 e. The fourth-order valence-electron chi connectivity index (χ4n) is 2.64. The van der Waals surface area contributed by atoms with Crippen LogP contribution in [0.2, 0.25) is 0 Å². The van der Waals surface area contributed by atoms with E-state index in [1.807, 2.05) is 0 Å². The number of aliphatic hydroxyl groups is 3. The number of halogens is 6. The quantitative estimate of drug-likeness (QED) is 0.684. The van der Waals surface area contributed by atoms with Gasteiger partial charge in [-0.05, 0) is 17.7 Å². The number of hydrogen-bond acceptors (Lipinski definition) is 4. The number of nitrogens with zero attached hydrogens (tertiary/aromatic N) is 1. The van der Waals surface area contributed by atoms with E-state index >= 15 is 0 Å². The van der Waals surface area contributed by atoms with Gasteiger partial charge >= 0.3 is 12.4 Å². The summed E-state index contributed by atoms with van der Waals surface area (Å²) in [5.41, 5.74) is -3.25. The van der Waals surface area contributed by atoms with Gasteiger partial charge in [-0.1, -0.05) is 0 Å². The van der Waals surface area contributed by atoms with Crippen molar-refractivity contribution in [2.24, 2.45) is 5.92 Å². The Kier molecular flexibility index (Phi) is 4.09. The zero-order chi connectivity index (χ0) is 17.7. The summed E-state index contributed by atoms with van der Waals surface area (Å²) >= 11 is 0. The zero-order valence-corrected chi connectivity index (χ0v) is 11.0. The Labute approximate surface area is 125 Å². The number of alkyl halides is 6. The third kappa shape index (κ3) is 2.87. The Morgan fingerprint density at radius 3 is 2.04 bits per heavy atom. The monoisotopic (exact) mass is 341 g/mol. The molecule has 0 spiro atoms. The molecule has 23 heavy (non-hydrogen) atoms. The predicted octanol–water partition coefficient (Wildman–Crippen LogP) is 2.20. The number of nitriles is 1. The van der Waals surface area contributed by atoms with Crippen molar-refractivity contribution in [3.63, 3.8) is 0 Å². The largest absolute Gasteiger partial charge is 0.416 e. The van der Waals surface area contributed by atoms with Crippen LogP contribution >= 0.6 is 0 Å². The third-order valence-electron chi connectivity index (χ3n) is 3.70. The molecule has 1 aromatic carbocycles. The van der Waals surface area contributed by atoms with Gasteiger partial charge in [0.2, 0.25) is 0 Å². The van der Waals surface area contributed by atoms with Crippen molar-refractivity contribution in [3.05, 3.63) is 34.4 Å². The molecule has 0 saturated heterocycles. The molecule has 0 bridgehead atoms. The standard InChI is InChI=1S/C13H9F6NO3/c14-12(15,16)5-1-4(3-20)7-6(2-5)9(21)8(10(7)22)11(23)13(17,18)19/h1-2,8-11,21-23H. The molecule has 4 unspecified atom stereocenters. The van der Waals surface area contributed by atoms with Gasteiger partial charge in [0.05, 0.1) is 35.3 Å². The maximum absolute atomic E-state index is 12.8. The smallest absolute Gasteiger partial charge is 0.388 e. The second-order valence-corrected chi connectivity index (χ2v) is 5.09.